The van der Waals surface area contributed by atoms with Crippen LogP contribution in [0.15, 0.2) is 52.1 Å². The Hall–Kier alpha value is -2.23. The van der Waals surface area contributed by atoms with Gasteiger partial charge in [-0.15, -0.1) is 0 Å². The highest BCUT2D eigenvalue weighted by Crippen LogP contribution is 2.13. The SMILES string of the molecule is CC(C)[C@H](NS(=O)(=O)c1ccccc1)C(=O)OCC(=O)N(C)Cc1ccsc1. The molecule has 0 saturated carbocycles. The van der Waals surface area contributed by atoms with E-state index in [9.17, 15) is 18.0 Å². The van der Waals surface area contributed by atoms with E-state index in [2.05, 4.69) is 4.72 Å². The van der Waals surface area contributed by atoms with Gasteiger partial charge in [-0.05, 0) is 40.4 Å². The third-order valence-corrected chi connectivity index (χ3v) is 6.21. The zero-order valence-electron chi connectivity index (χ0n) is 16.0. The maximum absolute atomic E-state index is 12.5. The van der Waals surface area contributed by atoms with Crippen LogP contribution in [0.1, 0.15) is 19.4 Å². The molecule has 1 amide bonds. The van der Waals surface area contributed by atoms with E-state index in [1.807, 2.05) is 16.8 Å². The quantitative estimate of drug-likeness (QED) is 0.623. The van der Waals surface area contributed by atoms with E-state index in [1.54, 1.807) is 39.1 Å². The number of rotatable bonds is 9. The number of ether oxygens (including phenoxy) is 1. The maximum atomic E-state index is 12.5. The second kappa shape index (κ2) is 9.81. The van der Waals surface area contributed by atoms with Crippen LogP contribution in [-0.2, 0) is 30.9 Å². The van der Waals surface area contributed by atoms with E-state index in [4.69, 9.17) is 4.74 Å². The van der Waals surface area contributed by atoms with Gasteiger partial charge in [-0.1, -0.05) is 32.0 Å². The molecule has 0 spiro atoms. The van der Waals surface area contributed by atoms with Gasteiger partial charge in [0.05, 0.1) is 4.90 Å². The van der Waals surface area contributed by atoms with Gasteiger partial charge in [-0.25, -0.2) is 8.42 Å². The van der Waals surface area contributed by atoms with Gasteiger partial charge in [0.2, 0.25) is 10.0 Å². The molecule has 0 bridgehead atoms. The summed E-state index contributed by atoms with van der Waals surface area (Å²) in [7, 11) is -2.27. The zero-order chi connectivity index (χ0) is 20.7. The number of carbonyl (C=O) groups is 2. The lowest BCUT2D eigenvalue weighted by atomic mass is 10.1. The van der Waals surface area contributed by atoms with Crippen molar-refractivity contribution in [1.29, 1.82) is 0 Å². The van der Waals surface area contributed by atoms with Crippen LogP contribution >= 0.6 is 11.3 Å². The first-order chi connectivity index (χ1) is 13.2. The molecule has 1 N–H and O–H groups in total. The summed E-state index contributed by atoms with van der Waals surface area (Å²) in [6.07, 6.45) is 0. The van der Waals surface area contributed by atoms with E-state index in [-0.39, 0.29) is 16.7 Å². The van der Waals surface area contributed by atoms with E-state index in [0.717, 1.165) is 5.56 Å². The number of esters is 1. The average Bonchev–Trinajstić information content (AvgIpc) is 3.17. The molecule has 1 atom stereocenters. The Bertz CT molecular complexity index is 880. The first-order valence-corrected chi connectivity index (χ1v) is 11.1. The van der Waals surface area contributed by atoms with Crippen LogP contribution in [0.5, 0.6) is 0 Å². The predicted octanol–water partition coefficient (Wildman–Crippen LogP) is 2.25. The standard InChI is InChI=1S/C19H24N2O5S2/c1-14(2)18(20-28(24,25)16-7-5-4-6-8-16)19(23)26-12-17(22)21(3)11-15-9-10-27-13-15/h4-10,13-14,18,20H,11-12H2,1-3H3/t18-/m0/s1. The molecule has 0 fully saturated rings. The van der Waals surface area contributed by atoms with Crippen molar-refractivity contribution >= 4 is 33.2 Å². The summed E-state index contributed by atoms with van der Waals surface area (Å²) in [6, 6.07) is 8.58. The minimum Gasteiger partial charge on any atom is -0.454 e. The maximum Gasteiger partial charge on any atom is 0.324 e. The Kier molecular flexibility index (Phi) is 7.73. The summed E-state index contributed by atoms with van der Waals surface area (Å²) >= 11 is 1.53. The van der Waals surface area contributed by atoms with Crippen LogP contribution in [0, 0.1) is 5.92 Å². The zero-order valence-corrected chi connectivity index (χ0v) is 17.6. The van der Waals surface area contributed by atoms with E-state index >= 15 is 0 Å². The normalized spacial score (nSPS) is 12.6. The van der Waals surface area contributed by atoms with Gasteiger partial charge in [-0.3, -0.25) is 9.59 Å². The molecule has 0 aliphatic rings. The van der Waals surface area contributed by atoms with Crippen LogP contribution < -0.4 is 4.72 Å². The van der Waals surface area contributed by atoms with Crippen molar-refractivity contribution in [3.63, 3.8) is 0 Å². The molecule has 0 aliphatic carbocycles. The highest BCUT2D eigenvalue weighted by Gasteiger charge is 2.30. The van der Waals surface area contributed by atoms with Gasteiger partial charge in [0.1, 0.15) is 6.04 Å². The lowest BCUT2D eigenvalue weighted by Crippen LogP contribution is -2.46. The summed E-state index contributed by atoms with van der Waals surface area (Å²) in [5.41, 5.74) is 0.989. The summed E-state index contributed by atoms with van der Waals surface area (Å²) in [6.45, 7) is 3.36. The molecule has 1 aromatic carbocycles. The third-order valence-electron chi connectivity index (χ3n) is 4.02. The first kappa shape index (κ1) is 22.1. The molecule has 2 rings (SSSR count). The number of hydrogen-bond acceptors (Lipinski definition) is 6. The minimum atomic E-state index is -3.88. The lowest BCUT2D eigenvalue weighted by Gasteiger charge is -2.22. The number of benzene rings is 1. The van der Waals surface area contributed by atoms with Crippen molar-refractivity contribution in [2.75, 3.05) is 13.7 Å². The molecule has 2 aromatic rings. The number of sulfonamides is 1. The van der Waals surface area contributed by atoms with Crippen LogP contribution in [0.4, 0.5) is 0 Å². The Balaban J connectivity index is 1.96. The molecular weight excluding hydrogens is 400 g/mol. The topological polar surface area (TPSA) is 92.8 Å². The van der Waals surface area contributed by atoms with Crippen LogP contribution in [0.3, 0.4) is 0 Å². The fourth-order valence-corrected chi connectivity index (χ4v) is 4.38. The fourth-order valence-electron chi connectivity index (χ4n) is 2.37. The van der Waals surface area contributed by atoms with Crippen LogP contribution in [0.25, 0.3) is 0 Å². The van der Waals surface area contributed by atoms with Crippen LogP contribution in [0.2, 0.25) is 0 Å². The van der Waals surface area contributed by atoms with Gasteiger partial charge >= 0.3 is 5.97 Å². The van der Waals surface area contributed by atoms with E-state index < -0.39 is 28.6 Å². The molecule has 152 valence electrons. The first-order valence-electron chi connectivity index (χ1n) is 8.69. The van der Waals surface area contributed by atoms with Crippen molar-refractivity contribution in [3.05, 3.63) is 52.7 Å². The fraction of sp³-hybridized carbons (Fsp3) is 0.368. The van der Waals surface area contributed by atoms with Gasteiger partial charge < -0.3 is 9.64 Å². The molecule has 0 unspecified atom stereocenters. The smallest absolute Gasteiger partial charge is 0.324 e. The third kappa shape index (κ3) is 6.15. The van der Waals surface area contributed by atoms with Crippen molar-refractivity contribution in [2.24, 2.45) is 5.92 Å². The number of amides is 1. The second-order valence-corrected chi connectivity index (χ2v) is 9.14. The van der Waals surface area contributed by atoms with E-state index in [0.29, 0.717) is 6.54 Å². The number of thiophene rings is 1. The molecule has 0 saturated heterocycles. The van der Waals surface area contributed by atoms with Crippen LogP contribution in [-0.4, -0.2) is 44.9 Å². The number of nitrogens with one attached hydrogen (secondary N) is 1. The molecular formula is C19H24N2O5S2. The monoisotopic (exact) mass is 424 g/mol. The van der Waals surface area contributed by atoms with Gasteiger partial charge in [0.25, 0.3) is 5.91 Å². The van der Waals surface area contributed by atoms with Crippen molar-refractivity contribution in [1.82, 2.24) is 9.62 Å². The molecule has 1 heterocycles. The molecule has 1 aromatic heterocycles. The van der Waals surface area contributed by atoms with Gasteiger partial charge in [-0.2, -0.15) is 16.1 Å². The number of nitrogens with zero attached hydrogens (tertiary/aromatic N) is 1. The molecule has 9 heteroatoms. The Morgan fingerprint density at radius 2 is 1.86 bits per heavy atom. The second-order valence-electron chi connectivity index (χ2n) is 6.65. The van der Waals surface area contributed by atoms with Gasteiger partial charge in [0.15, 0.2) is 6.61 Å². The summed E-state index contributed by atoms with van der Waals surface area (Å²) in [4.78, 5) is 26.1. The summed E-state index contributed by atoms with van der Waals surface area (Å²) < 4.78 is 32.4. The highest BCUT2D eigenvalue weighted by molar-refractivity contribution is 7.89. The number of hydrogen-bond donors (Lipinski definition) is 1. The van der Waals surface area contributed by atoms with Crippen molar-refractivity contribution < 1.29 is 22.7 Å². The van der Waals surface area contributed by atoms with Crippen molar-refractivity contribution in [2.45, 2.75) is 31.3 Å². The molecule has 7 nitrogen and oxygen atoms in total. The van der Waals surface area contributed by atoms with Crippen molar-refractivity contribution in [3.8, 4) is 0 Å². The van der Waals surface area contributed by atoms with Gasteiger partial charge in [0, 0.05) is 13.6 Å². The highest BCUT2D eigenvalue weighted by atomic mass is 32.2. The average molecular weight is 425 g/mol. The minimum absolute atomic E-state index is 0.0556. The summed E-state index contributed by atoms with van der Waals surface area (Å²) in [5, 5.41) is 3.85. The number of likely N-dealkylation sites (N-methyl/N-ethyl adjacent to an activating group) is 1. The summed E-state index contributed by atoms with van der Waals surface area (Å²) in [5.74, 6) is -1.51. The number of carbonyl (C=O) groups excluding carboxylic acids is 2. The Morgan fingerprint density at radius 3 is 2.43 bits per heavy atom. The Morgan fingerprint density at radius 1 is 1.18 bits per heavy atom. The lowest BCUT2D eigenvalue weighted by molar-refractivity contribution is -0.154. The van der Waals surface area contributed by atoms with E-state index in [1.165, 1.54) is 28.4 Å². The largest absolute Gasteiger partial charge is 0.454 e. The molecule has 28 heavy (non-hydrogen) atoms. The molecule has 0 aliphatic heterocycles. The molecule has 0 radical (unpaired) electrons. The predicted molar refractivity (Wildman–Crippen MR) is 107 cm³/mol. The Labute approximate surface area is 169 Å².